The van der Waals surface area contributed by atoms with E-state index in [-0.39, 0.29) is 11.4 Å². The summed E-state index contributed by atoms with van der Waals surface area (Å²) in [5.74, 6) is -1.60. The van der Waals surface area contributed by atoms with Crippen molar-refractivity contribution in [2.75, 3.05) is 25.0 Å². The molecule has 1 aliphatic heterocycles. The summed E-state index contributed by atoms with van der Waals surface area (Å²) < 4.78 is 13.0. The topological polar surface area (TPSA) is 65.5 Å². The van der Waals surface area contributed by atoms with Gasteiger partial charge in [0.1, 0.15) is 17.2 Å². The van der Waals surface area contributed by atoms with Crippen molar-refractivity contribution in [1.82, 2.24) is 9.88 Å². The molecule has 6 heteroatoms. The number of nitrogens with one attached hydrogen (secondary N) is 1. The van der Waals surface area contributed by atoms with Crippen molar-refractivity contribution in [1.29, 1.82) is 0 Å². The van der Waals surface area contributed by atoms with Gasteiger partial charge in [0.05, 0.1) is 6.20 Å². The van der Waals surface area contributed by atoms with Gasteiger partial charge in [-0.2, -0.15) is 0 Å². The van der Waals surface area contributed by atoms with Crippen molar-refractivity contribution in [3.8, 4) is 0 Å². The molecule has 1 unspecified atom stereocenters. The van der Waals surface area contributed by atoms with Crippen LogP contribution in [0.1, 0.15) is 30.1 Å². The minimum atomic E-state index is -1.18. The molecule has 1 aromatic rings. The highest BCUT2D eigenvalue weighted by atomic mass is 19.1. The van der Waals surface area contributed by atoms with E-state index in [1.165, 1.54) is 12.8 Å². The number of carboxylic acids is 1. The molecule has 1 saturated heterocycles. The Bertz CT molecular complexity index is 461. The number of carbonyl (C=O) groups is 1. The molecular formula is C13H18FN3O2. The fraction of sp³-hybridized carbons (Fsp3) is 0.538. The second-order valence-corrected chi connectivity index (χ2v) is 4.83. The Balaban J connectivity index is 2.00. The van der Waals surface area contributed by atoms with Gasteiger partial charge in [0.25, 0.3) is 0 Å². The number of hydrogen-bond donors (Lipinski definition) is 2. The molecule has 0 amide bonds. The van der Waals surface area contributed by atoms with Crippen LogP contribution < -0.4 is 5.32 Å². The van der Waals surface area contributed by atoms with Crippen LogP contribution in [-0.2, 0) is 0 Å². The second kappa shape index (κ2) is 5.97. The second-order valence-electron chi connectivity index (χ2n) is 4.83. The molecule has 5 nitrogen and oxygen atoms in total. The van der Waals surface area contributed by atoms with E-state index >= 15 is 0 Å². The zero-order valence-electron chi connectivity index (χ0n) is 10.9. The van der Waals surface area contributed by atoms with Crippen LogP contribution in [0.5, 0.6) is 0 Å². The van der Waals surface area contributed by atoms with Gasteiger partial charge < -0.3 is 10.4 Å². The van der Waals surface area contributed by atoms with Crippen LogP contribution in [-0.4, -0.2) is 46.6 Å². The zero-order chi connectivity index (χ0) is 13.8. The van der Waals surface area contributed by atoms with Crippen LogP contribution in [0.2, 0.25) is 0 Å². The highest BCUT2D eigenvalue weighted by molar-refractivity contribution is 5.93. The Morgan fingerprint density at radius 3 is 2.89 bits per heavy atom. The zero-order valence-corrected chi connectivity index (χ0v) is 10.9. The van der Waals surface area contributed by atoms with Crippen LogP contribution in [0.4, 0.5) is 10.2 Å². The van der Waals surface area contributed by atoms with Gasteiger partial charge in [-0.25, -0.2) is 14.2 Å². The summed E-state index contributed by atoms with van der Waals surface area (Å²) >= 11 is 0. The van der Waals surface area contributed by atoms with Gasteiger partial charge in [0, 0.05) is 12.6 Å². The molecule has 0 aromatic carbocycles. The van der Waals surface area contributed by atoms with Gasteiger partial charge in [-0.15, -0.1) is 0 Å². The summed E-state index contributed by atoms with van der Waals surface area (Å²) in [5.41, 5.74) is -0.131. The van der Waals surface area contributed by atoms with E-state index in [9.17, 15) is 9.18 Å². The summed E-state index contributed by atoms with van der Waals surface area (Å²) in [6.07, 6.45) is 3.44. The van der Waals surface area contributed by atoms with Crippen molar-refractivity contribution in [2.45, 2.75) is 25.8 Å². The van der Waals surface area contributed by atoms with E-state index in [4.69, 9.17) is 5.11 Å². The Kier molecular flexibility index (Phi) is 4.31. The molecule has 0 bridgehead atoms. The van der Waals surface area contributed by atoms with Gasteiger partial charge in [0.15, 0.2) is 0 Å². The van der Waals surface area contributed by atoms with Gasteiger partial charge in [-0.1, -0.05) is 0 Å². The van der Waals surface area contributed by atoms with E-state index in [1.807, 2.05) is 0 Å². The van der Waals surface area contributed by atoms with E-state index < -0.39 is 11.8 Å². The average molecular weight is 267 g/mol. The number of nitrogens with zero attached hydrogens (tertiary/aromatic N) is 2. The van der Waals surface area contributed by atoms with Gasteiger partial charge in [-0.05, 0) is 38.9 Å². The molecule has 0 saturated carbocycles. The van der Waals surface area contributed by atoms with Crippen molar-refractivity contribution in [3.63, 3.8) is 0 Å². The maximum Gasteiger partial charge on any atom is 0.339 e. The SMILES string of the molecule is CC(CNc1ncc(F)cc1C(=O)O)N1CCCC1. The summed E-state index contributed by atoms with van der Waals surface area (Å²) in [4.78, 5) is 17.2. The first kappa shape index (κ1) is 13.7. The third-order valence-corrected chi connectivity index (χ3v) is 3.41. The predicted molar refractivity (Wildman–Crippen MR) is 69.9 cm³/mol. The minimum Gasteiger partial charge on any atom is -0.478 e. The average Bonchev–Trinajstić information content (AvgIpc) is 2.90. The molecule has 1 fully saturated rings. The first-order chi connectivity index (χ1) is 9.08. The quantitative estimate of drug-likeness (QED) is 0.852. The standard InChI is InChI=1S/C13H18FN3O2/c1-9(17-4-2-3-5-17)7-15-12-11(13(18)19)6-10(14)8-16-12/h6,8-9H,2-5,7H2,1H3,(H,15,16)(H,18,19). The lowest BCUT2D eigenvalue weighted by atomic mass is 10.2. The number of carboxylic acid groups (broad SMARTS) is 1. The number of anilines is 1. The van der Waals surface area contributed by atoms with E-state index in [1.54, 1.807) is 0 Å². The molecular weight excluding hydrogens is 249 g/mol. The van der Waals surface area contributed by atoms with Crippen molar-refractivity contribution >= 4 is 11.8 Å². The smallest absolute Gasteiger partial charge is 0.339 e. The highest BCUT2D eigenvalue weighted by Gasteiger charge is 2.19. The van der Waals surface area contributed by atoms with Crippen molar-refractivity contribution in [2.24, 2.45) is 0 Å². The van der Waals surface area contributed by atoms with Gasteiger partial charge in [0.2, 0.25) is 0 Å². The Morgan fingerprint density at radius 1 is 1.58 bits per heavy atom. The molecule has 1 aromatic heterocycles. The lowest BCUT2D eigenvalue weighted by Gasteiger charge is -2.24. The lowest BCUT2D eigenvalue weighted by molar-refractivity contribution is 0.0697. The van der Waals surface area contributed by atoms with E-state index in [0.29, 0.717) is 12.6 Å². The summed E-state index contributed by atoms with van der Waals surface area (Å²) in [7, 11) is 0. The Hall–Kier alpha value is -1.69. The minimum absolute atomic E-state index is 0.131. The lowest BCUT2D eigenvalue weighted by Crippen LogP contribution is -2.35. The molecule has 1 aliphatic rings. The van der Waals surface area contributed by atoms with Crippen LogP contribution in [0.15, 0.2) is 12.3 Å². The van der Waals surface area contributed by atoms with Crippen LogP contribution >= 0.6 is 0 Å². The van der Waals surface area contributed by atoms with E-state index in [0.717, 1.165) is 25.4 Å². The molecule has 0 aliphatic carbocycles. The van der Waals surface area contributed by atoms with Gasteiger partial charge >= 0.3 is 5.97 Å². The first-order valence-corrected chi connectivity index (χ1v) is 6.44. The number of aromatic carboxylic acids is 1. The Morgan fingerprint density at radius 2 is 2.26 bits per heavy atom. The predicted octanol–water partition coefficient (Wildman–Crippen LogP) is 1.82. The van der Waals surface area contributed by atoms with E-state index in [2.05, 4.69) is 22.1 Å². The molecule has 1 atom stereocenters. The monoisotopic (exact) mass is 267 g/mol. The number of pyridine rings is 1. The number of likely N-dealkylation sites (tertiary alicyclic amines) is 1. The molecule has 2 heterocycles. The molecule has 19 heavy (non-hydrogen) atoms. The van der Waals surface area contributed by atoms with Crippen LogP contribution in [0.3, 0.4) is 0 Å². The van der Waals surface area contributed by atoms with Crippen LogP contribution in [0.25, 0.3) is 0 Å². The maximum atomic E-state index is 13.0. The highest BCUT2D eigenvalue weighted by Crippen LogP contribution is 2.15. The number of hydrogen-bond acceptors (Lipinski definition) is 4. The Labute approximate surface area is 111 Å². The molecule has 2 rings (SSSR count). The molecule has 0 spiro atoms. The van der Waals surface area contributed by atoms with Crippen molar-refractivity contribution in [3.05, 3.63) is 23.6 Å². The number of halogens is 1. The largest absolute Gasteiger partial charge is 0.478 e. The normalized spacial score (nSPS) is 17.4. The first-order valence-electron chi connectivity index (χ1n) is 6.44. The third-order valence-electron chi connectivity index (χ3n) is 3.41. The van der Waals surface area contributed by atoms with Gasteiger partial charge in [-0.3, -0.25) is 4.90 Å². The molecule has 0 radical (unpaired) electrons. The maximum absolute atomic E-state index is 13.0. The summed E-state index contributed by atoms with van der Waals surface area (Å²) in [5, 5.41) is 12.0. The molecule has 104 valence electrons. The number of rotatable bonds is 5. The fourth-order valence-corrected chi connectivity index (χ4v) is 2.30. The summed E-state index contributed by atoms with van der Waals surface area (Å²) in [6, 6.07) is 1.29. The van der Waals surface area contributed by atoms with Crippen LogP contribution in [0, 0.1) is 5.82 Å². The summed E-state index contributed by atoms with van der Waals surface area (Å²) in [6.45, 7) is 4.83. The number of aromatic nitrogens is 1. The third kappa shape index (κ3) is 3.41. The molecule has 2 N–H and O–H groups in total. The fourth-order valence-electron chi connectivity index (χ4n) is 2.30. The van der Waals surface area contributed by atoms with Crippen molar-refractivity contribution < 1.29 is 14.3 Å².